The summed E-state index contributed by atoms with van der Waals surface area (Å²) in [5.41, 5.74) is 2.33. The molecule has 148 valence electrons. The highest BCUT2D eigenvalue weighted by Gasteiger charge is 2.33. The van der Waals surface area contributed by atoms with E-state index in [-0.39, 0.29) is 23.5 Å². The summed E-state index contributed by atoms with van der Waals surface area (Å²) in [5, 5.41) is 7.30. The molecule has 0 saturated carbocycles. The summed E-state index contributed by atoms with van der Waals surface area (Å²) in [4.78, 5) is 18.3. The number of carbonyl (C=O) groups is 1. The number of carbonyl (C=O) groups excluding carboxylic acids is 1. The van der Waals surface area contributed by atoms with Gasteiger partial charge in [-0.15, -0.1) is 11.3 Å². The van der Waals surface area contributed by atoms with Crippen LogP contribution in [0.4, 0.5) is 0 Å². The predicted octanol–water partition coefficient (Wildman–Crippen LogP) is 3.43. The van der Waals surface area contributed by atoms with Gasteiger partial charge in [-0.3, -0.25) is 0 Å². The minimum absolute atomic E-state index is 0.0365. The average Bonchev–Trinajstić information content (AvgIpc) is 3.37. The number of thiophene rings is 1. The number of fused-ring (bicyclic) bond motifs is 1. The summed E-state index contributed by atoms with van der Waals surface area (Å²) < 4.78 is 30.8. The summed E-state index contributed by atoms with van der Waals surface area (Å²) >= 11 is 1.51. The maximum atomic E-state index is 12.6. The number of sulfone groups is 1. The van der Waals surface area contributed by atoms with E-state index in [4.69, 9.17) is 14.8 Å². The van der Waals surface area contributed by atoms with Crippen molar-refractivity contribution in [3.8, 4) is 10.6 Å². The Morgan fingerprint density at radius 3 is 2.75 bits per heavy atom. The molecule has 28 heavy (non-hydrogen) atoms. The van der Waals surface area contributed by atoms with Crippen LogP contribution in [0, 0.1) is 0 Å². The molecule has 0 aromatic carbocycles. The van der Waals surface area contributed by atoms with Gasteiger partial charge in [0, 0.05) is 5.69 Å². The fourth-order valence-corrected chi connectivity index (χ4v) is 5.94. The van der Waals surface area contributed by atoms with Crippen LogP contribution in [0.1, 0.15) is 48.3 Å². The van der Waals surface area contributed by atoms with Crippen molar-refractivity contribution in [1.29, 1.82) is 0 Å². The van der Waals surface area contributed by atoms with Crippen molar-refractivity contribution in [2.45, 2.75) is 32.2 Å². The van der Waals surface area contributed by atoms with E-state index in [1.54, 1.807) is 10.7 Å². The molecule has 4 rings (SSSR count). The third-order valence-electron chi connectivity index (χ3n) is 4.99. The SMILES string of the molecule is COC(=O)c1cc(C(C)C)nc2c1c(-c1cccs1)nn2C1CCS(=O)(=O)C1. The minimum Gasteiger partial charge on any atom is -0.465 e. The maximum absolute atomic E-state index is 12.6. The monoisotopic (exact) mass is 419 g/mol. The van der Waals surface area contributed by atoms with E-state index >= 15 is 0 Å². The van der Waals surface area contributed by atoms with Gasteiger partial charge >= 0.3 is 5.97 Å². The molecule has 0 N–H and O–H groups in total. The number of rotatable bonds is 4. The first-order chi connectivity index (χ1) is 13.3. The molecule has 1 aliphatic heterocycles. The van der Waals surface area contributed by atoms with Crippen molar-refractivity contribution >= 4 is 38.2 Å². The summed E-state index contributed by atoms with van der Waals surface area (Å²) in [6.07, 6.45) is 0.490. The van der Waals surface area contributed by atoms with Gasteiger partial charge in [-0.2, -0.15) is 5.10 Å². The minimum atomic E-state index is -3.09. The highest BCUT2D eigenvalue weighted by atomic mass is 32.2. The van der Waals surface area contributed by atoms with Crippen molar-refractivity contribution in [3.05, 3.63) is 34.8 Å². The second-order valence-corrected chi connectivity index (χ2v) is 10.4. The Bertz CT molecular complexity index is 1150. The maximum Gasteiger partial charge on any atom is 0.338 e. The molecule has 1 unspecified atom stereocenters. The second-order valence-electron chi connectivity index (χ2n) is 7.27. The molecule has 7 nitrogen and oxygen atoms in total. The lowest BCUT2D eigenvalue weighted by molar-refractivity contribution is 0.0602. The highest BCUT2D eigenvalue weighted by Crippen LogP contribution is 2.37. The first-order valence-corrected chi connectivity index (χ1v) is 11.8. The molecular formula is C19H21N3O4S2. The number of methoxy groups -OCH3 is 1. The molecule has 0 bridgehead atoms. The van der Waals surface area contributed by atoms with Gasteiger partial charge in [0.1, 0.15) is 5.69 Å². The summed E-state index contributed by atoms with van der Waals surface area (Å²) in [6, 6.07) is 5.31. The van der Waals surface area contributed by atoms with Crippen molar-refractivity contribution in [1.82, 2.24) is 14.8 Å². The number of esters is 1. The Morgan fingerprint density at radius 2 is 2.18 bits per heavy atom. The van der Waals surface area contributed by atoms with Crippen LogP contribution in [-0.4, -0.2) is 47.8 Å². The Balaban J connectivity index is 2.05. The van der Waals surface area contributed by atoms with Crippen molar-refractivity contribution in [3.63, 3.8) is 0 Å². The predicted molar refractivity (Wildman–Crippen MR) is 109 cm³/mol. The Hall–Kier alpha value is -2.26. The average molecular weight is 420 g/mol. The molecule has 9 heteroatoms. The van der Waals surface area contributed by atoms with Crippen LogP contribution in [0.15, 0.2) is 23.6 Å². The van der Waals surface area contributed by atoms with Crippen molar-refractivity contribution in [2.75, 3.05) is 18.6 Å². The zero-order chi connectivity index (χ0) is 20.1. The van der Waals surface area contributed by atoms with Crippen LogP contribution in [0.5, 0.6) is 0 Å². The highest BCUT2D eigenvalue weighted by molar-refractivity contribution is 7.91. The smallest absolute Gasteiger partial charge is 0.338 e. The normalized spacial score (nSPS) is 18.8. The molecular weight excluding hydrogens is 398 g/mol. The number of ether oxygens (including phenoxy) is 1. The van der Waals surface area contributed by atoms with E-state index in [9.17, 15) is 13.2 Å². The fourth-order valence-electron chi connectivity index (χ4n) is 3.53. The van der Waals surface area contributed by atoms with Gasteiger partial charge in [0.05, 0.1) is 40.5 Å². The fraction of sp³-hybridized carbons (Fsp3) is 0.421. The van der Waals surface area contributed by atoms with Gasteiger partial charge in [0.15, 0.2) is 15.5 Å². The van der Waals surface area contributed by atoms with Gasteiger partial charge in [-0.1, -0.05) is 19.9 Å². The molecule has 0 spiro atoms. The molecule has 1 saturated heterocycles. The van der Waals surface area contributed by atoms with E-state index in [1.807, 2.05) is 31.4 Å². The third kappa shape index (κ3) is 3.22. The molecule has 3 aromatic rings. The molecule has 1 atom stereocenters. The molecule has 0 amide bonds. The van der Waals surface area contributed by atoms with Crippen LogP contribution in [0.3, 0.4) is 0 Å². The van der Waals surface area contributed by atoms with Crippen LogP contribution >= 0.6 is 11.3 Å². The first-order valence-electron chi connectivity index (χ1n) is 9.06. The lowest BCUT2D eigenvalue weighted by Gasteiger charge is -2.12. The topological polar surface area (TPSA) is 91.2 Å². The Morgan fingerprint density at radius 1 is 1.39 bits per heavy atom. The Labute approximate surface area is 167 Å². The first kappa shape index (κ1) is 19.1. The van der Waals surface area contributed by atoms with Crippen LogP contribution in [0.25, 0.3) is 21.6 Å². The molecule has 4 heterocycles. The van der Waals surface area contributed by atoms with E-state index in [2.05, 4.69) is 0 Å². The number of pyridine rings is 1. The zero-order valence-electron chi connectivity index (χ0n) is 15.9. The summed E-state index contributed by atoms with van der Waals surface area (Å²) in [6.45, 7) is 3.99. The number of aromatic nitrogens is 3. The van der Waals surface area contributed by atoms with Crippen molar-refractivity contribution < 1.29 is 17.9 Å². The van der Waals surface area contributed by atoms with Gasteiger partial charge in [0.2, 0.25) is 0 Å². The van der Waals surface area contributed by atoms with Crippen molar-refractivity contribution in [2.24, 2.45) is 0 Å². The van der Waals surface area contributed by atoms with Crippen LogP contribution < -0.4 is 0 Å². The molecule has 1 fully saturated rings. The molecule has 3 aromatic heterocycles. The third-order valence-corrected chi connectivity index (χ3v) is 7.61. The Kier molecular flexibility index (Phi) is 4.75. The van der Waals surface area contributed by atoms with E-state index < -0.39 is 15.8 Å². The lowest BCUT2D eigenvalue weighted by Crippen LogP contribution is -2.14. The molecule has 0 aliphatic carbocycles. The molecule has 1 aliphatic rings. The second kappa shape index (κ2) is 6.97. The summed E-state index contributed by atoms with van der Waals surface area (Å²) in [7, 11) is -1.74. The van der Waals surface area contributed by atoms with Gasteiger partial charge in [-0.25, -0.2) is 22.9 Å². The number of hydrogen-bond donors (Lipinski definition) is 0. The van der Waals surface area contributed by atoms with Crippen LogP contribution in [-0.2, 0) is 14.6 Å². The number of hydrogen-bond acceptors (Lipinski definition) is 7. The van der Waals surface area contributed by atoms with Gasteiger partial charge in [0.25, 0.3) is 0 Å². The lowest BCUT2D eigenvalue weighted by atomic mass is 10.0. The molecule has 0 radical (unpaired) electrons. The quantitative estimate of drug-likeness (QED) is 0.602. The van der Waals surface area contributed by atoms with Crippen LogP contribution in [0.2, 0.25) is 0 Å². The largest absolute Gasteiger partial charge is 0.465 e. The van der Waals surface area contributed by atoms with E-state index in [0.717, 1.165) is 10.6 Å². The standard InChI is InChI=1S/C19H21N3O4S2/c1-11(2)14-9-13(19(23)26-3)16-17(15-5-4-7-27-15)21-22(18(16)20-14)12-6-8-28(24,25)10-12/h4-5,7,9,11-12H,6,8,10H2,1-3H3. The number of nitrogens with zero attached hydrogens (tertiary/aromatic N) is 3. The summed E-state index contributed by atoms with van der Waals surface area (Å²) in [5.74, 6) is -0.185. The van der Waals surface area contributed by atoms with E-state index in [1.165, 1.54) is 18.4 Å². The van der Waals surface area contributed by atoms with E-state index in [0.29, 0.717) is 28.7 Å². The van der Waals surface area contributed by atoms with Gasteiger partial charge < -0.3 is 4.74 Å². The zero-order valence-corrected chi connectivity index (χ0v) is 17.5. The van der Waals surface area contributed by atoms with Gasteiger partial charge in [-0.05, 0) is 29.9 Å².